The minimum absolute atomic E-state index is 0.508. The second-order valence-electron chi connectivity index (χ2n) is 3.58. The number of fused-ring (bicyclic) bond motifs is 1. The highest BCUT2D eigenvalue weighted by molar-refractivity contribution is 6.30. The van der Waals surface area contributed by atoms with Crippen LogP contribution in [0.4, 0.5) is 5.69 Å². The van der Waals surface area contributed by atoms with Crippen molar-refractivity contribution in [1.82, 2.24) is 19.6 Å². The quantitative estimate of drug-likeness (QED) is 0.712. The fourth-order valence-corrected chi connectivity index (χ4v) is 1.74. The van der Waals surface area contributed by atoms with E-state index in [9.17, 15) is 0 Å². The zero-order valence-corrected chi connectivity index (χ0v) is 9.46. The highest BCUT2D eigenvalue weighted by Crippen LogP contribution is 2.19. The molecule has 2 N–H and O–H groups in total. The van der Waals surface area contributed by atoms with Gasteiger partial charge in [0.15, 0.2) is 5.82 Å². The van der Waals surface area contributed by atoms with Crippen LogP contribution in [0.25, 0.3) is 17.2 Å². The molecule has 0 spiro atoms. The van der Waals surface area contributed by atoms with E-state index in [1.54, 1.807) is 29.0 Å². The number of nitrogen functional groups attached to an aromatic ring is 1. The second-order valence-corrected chi connectivity index (χ2v) is 4.01. The minimum atomic E-state index is 0.508. The predicted octanol–water partition coefficient (Wildman–Crippen LogP) is 2.03. The molecule has 0 saturated carbocycles. The Bertz CT molecular complexity index is 691. The summed E-state index contributed by atoms with van der Waals surface area (Å²) in [6.07, 6.45) is 3.22. The first-order valence-electron chi connectivity index (χ1n) is 4.96. The van der Waals surface area contributed by atoms with E-state index in [-0.39, 0.29) is 0 Å². The summed E-state index contributed by atoms with van der Waals surface area (Å²) in [6, 6.07) is 7.35. The molecule has 0 aliphatic carbocycles. The zero-order valence-electron chi connectivity index (χ0n) is 8.71. The molecule has 0 aliphatic heterocycles. The van der Waals surface area contributed by atoms with Gasteiger partial charge >= 0.3 is 0 Å². The van der Waals surface area contributed by atoms with Gasteiger partial charge in [-0.3, -0.25) is 0 Å². The Hall–Kier alpha value is -2.14. The molecule has 0 unspecified atom stereocenters. The Balaban J connectivity index is 2.18. The van der Waals surface area contributed by atoms with Crippen LogP contribution in [0.1, 0.15) is 0 Å². The van der Waals surface area contributed by atoms with Gasteiger partial charge in [-0.25, -0.2) is 9.50 Å². The lowest BCUT2D eigenvalue weighted by molar-refractivity contribution is 0.945. The van der Waals surface area contributed by atoms with Crippen LogP contribution < -0.4 is 5.73 Å². The molecule has 5 nitrogen and oxygen atoms in total. The van der Waals surface area contributed by atoms with Gasteiger partial charge in [0.05, 0.1) is 18.1 Å². The molecular weight excluding hydrogens is 238 g/mol. The molecule has 0 atom stereocenters. The summed E-state index contributed by atoms with van der Waals surface area (Å²) in [6.45, 7) is 0. The van der Waals surface area contributed by atoms with Crippen molar-refractivity contribution in [2.24, 2.45) is 0 Å². The average molecular weight is 246 g/mol. The van der Waals surface area contributed by atoms with Gasteiger partial charge in [-0.1, -0.05) is 23.7 Å². The molecule has 0 radical (unpaired) electrons. The van der Waals surface area contributed by atoms with Crippen LogP contribution in [0.2, 0.25) is 5.02 Å². The maximum Gasteiger partial charge on any atom is 0.252 e. The first kappa shape index (κ1) is 10.0. The summed E-state index contributed by atoms with van der Waals surface area (Å²) in [5, 5.41) is 4.94. The van der Waals surface area contributed by atoms with Crippen LogP contribution in [0.5, 0.6) is 0 Å². The van der Waals surface area contributed by atoms with Crippen LogP contribution in [0, 0.1) is 0 Å². The van der Waals surface area contributed by atoms with Gasteiger partial charge in [0.25, 0.3) is 5.78 Å². The van der Waals surface area contributed by atoms with E-state index in [0.29, 0.717) is 22.3 Å². The molecule has 0 fully saturated rings. The Kier molecular flexibility index (Phi) is 2.19. The third-order valence-corrected chi connectivity index (χ3v) is 2.53. The maximum atomic E-state index is 5.92. The van der Waals surface area contributed by atoms with E-state index < -0.39 is 0 Å². The van der Waals surface area contributed by atoms with Crippen molar-refractivity contribution in [3.63, 3.8) is 0 Å². The first-order chi connectivity index (χ1) is 8.22. The van der Waals surface area contributed by atoms with Crippen LogP contribution >= 0.6 is 11.6 Å². The molecule has 1 aromatic carbocycles. The normalized spacial score (nSPS) is 10.9. The average Bonchev–Trinajstić information content (AvgIpc) is 2.72. The molecule has 6 heteroatoms. The van der Waals surface area contributed by atoms with Crippen LogP contribution in [-0.4, -0.2) is 19.6 Å². The van der Waals surface area contributed by atoms with Gasteiger partial charge in [0.1, 0.15) is 0 Å². The van der Waals surface area contributed by atoms with Gasteiger partial charge in [-0.05, 0) is 12.1 Å². The highest BCUT2D eigenvalue weighted by atomic mass is 35.5. The number of hydrogen-bond acceptors (Lipinski definition) is 4. The number of nitrogens with two attached hydrogens (primary N) is 1. The molecule has 3 aromatic rings. The topological polar surface area (TPSA) is 69.1 Å². The number of anilines is 1. The molecule has 0 amide bonds. The number of nitrogens with zero attached hydrogens (tertiary/aromatic N) is 4. The Morgan fingerprint density at radius 3 is 3.00 bits per heavy atom. The van der Waals surface area contributed by atoms with Crippen molar-refractivity contribution >= 4 is 23.1 Å². The molecular formula is C11H8ClN5. The van der Waals surface area contributed by atoms with E-state index in [1.165, 1.54) is 0 Å². The van der Waals surface area contributed by atoms with E-state index >= 15 is 0 Å². The fraction of sp³-hybridized carbons (Fsp3) is 0. The van der Waals surface area contributed by atoms with Gasteiger partial charge in [-0.15, -0.1) is 5.10 Å². The maximum absolute atomic E-state index is 5.92. The second kappa shape index (κ2) is 3.71. The van der Waals surface area contributed by atoms with E-state index in [1.807, 2.05) is 12.1 Å². The Morgan fingerprint density at radius 1 is 1.29 bits per heavy atom. The smallest absolute Gasteiger partial charge is 0.252 e. The van der Waals surface area contributed by atoms with Crippen molar-refractivity contribution in [2.45, 2.75) is 0 Å². The number of rotatable bonds is 1. The lowest BCUT2D eigenvalue weighted by atomic mass is 10.2. The SMILES string of the molecule is Nc1cnc2nc(-c3cccc(Cl)c3)nn2c1. The Labute approximate surface area is 102 Å². The standard InChI is InChI=1S/C11H8ClN5/c12-8-3-1-2-7(4-8)10-15-11-14-5-9(13)6-17(11)16-10/h1-6H,13H2. The number of aromatic nitrogens is 4. The summed E-state index contributed by atoms with van der Waals surface area (Å²) < 4.78 is 1.55. The summed E-state index contributed by atoms with van der Waals surface area (Å²) in [4.78, 5) is 8.37. The summed E-state index contributed by atoms with van der Waals surface area (Å²) in [7, 11) is 0. The van der Waals surface area contributed by atoms with Gasteiger partial charge < -0.3 is 5.73 Å². The molecule has 2 aromatic heterocycles. The van der Waals surface area contributed by atoms with Crippen LogP contribution in [0.15, 0.2) is 36.7 Å². The minimum Gasteiger partial charge on any atom is -0.396 e. The first-order valence-corrected chi connectivity index (χ1v) is 5.34. The Morgan fingerprint density at radius 2 is 2.18 bits per heavy atom. The van der Waals surface area contributed by atoms with Crippen LogP contribution in [-0.2, 0) is 0 Å². The van der Waals surface area contributed by atoms with E-state index in [0.717, 1.165) is 5.56 Å². The van der Waals surface area contributed by atoms with Crippen molar-refractivity contribution in [1.29, 1.82) is 0 Å². The third-order valence-electron chi connectivity index (χ3n) is 2.30. The van der Waals surface area contributed by atoms with Crippen molar-refractivity contribution in [3.05, 3.63) is 41.7 Å². The zero-order chi connectivity index (χ0) is 11.8. The molecule has 0 aliphatic rings. The highest BCUT2D eigenvalue weighted by Gasteiger charge is 2.07. The van der Waals surface area contributed by atoms with E-state index in [2.05, 4.69) is 15.1 Å². The van der Waals surface area contributed by atoms with Gasteiger partial charge in [0.2, 0.25) is 0 Å². The third kappa shape index (κ3) is 1.81. The lowest BCUT2D eigenvalue weighted by Crippen LogP contribution is -1.94. The van der Waals surface area contributed by atoms with Gasteiger partial charge in [0, 0.05) is 10.6 Å². The number of halogens is 1. The molecule has 2 heterocycles. The number of benzene rings is 1. The summed E-state index contributed by atoms with van der Waals surface area (Å²) in [5.41, 5.74) is 7.01. The summed E-state index contributed by atoms with van der Waals surface area (Å²) >= 11 is 5.92. The summed E-state index contributed by atoms with van der Waals surface area (Å²) in [5.74, 6) is 1.08. The molecule has 17 heavy (non-hydrogen) atoms. The molecule has 0 bridgehead atoms. The number of hydrogen-bond donors (Lipinski definition) is 1. The van der Waals surface area contributed by atoms with Crippen molar-refractivity contribution < 1.29 is 0 Å². The van der Waals surface area contributed by atoms with Gasteiger partial charge in [-0.2, -0.15) is 4.98 Å². The predicted molar refractivity (Wildman–Crippen MR) is 65.6 cm³/mol. The largest absolute Gasteiger partial charge is 0.396 e. The molecule has 3 rings (SSSR count). The monoisotopic (exact) mass is 245 g/mol. The van der Waals surface area contributed by atoms with Crippen molar-refractivity contribution in [2.75, 3.05) is 5.73 Å². The van der Waals surface area contributed by atoms with Crippen LogP contribution in [0.3, 0.4) is 0 Å². The van der Waals surface area contributed by atoms with E-state index in [4.69, 9.17) is 17.3 Å². The molecule has 84 valence electrons. The fourth-order valence-electron chi connectivity index (χ4n) is 1.55. The molecule has 0 saturated heterocycles. The van der Waals surface area contributed by atoms with Crippen molar-refractivity contribution in [3.8, 4) is 11.4 Å². The lowest BCUT2D eigenvalue weighted by Gasteiger charge is -1.94.